The highest BCUT2D eigenvalue weighted by Gasteiger charge is 2.52. The first kappa shape index (κ1) is 15.4. The first-order chi connectivity index (χ1) is 13.8. The molecule has 1 N–H and O–H groups in total. The van der Waals surface area contributed by atoms with E-state index in [0.29, 0.717) is 5.96 Å². The van der Waals surface area contributed by atoms with Crippen LogP contribution in [-0.4, -0.2) is 51.4 Å². The molecule has 7 heteroatoms. The molecule has 3 aliphatic rings. The number of aliphatic imine (C=N–C) groups is 2. The number of para-hydroxylation sites is 2. The fraction of sp³-hybridized carbons (Fsp3) is 0.190. The Balaban J connectivity index is 1.71. The van der Waals surface area contributed by atoms with E-state index in [0.717, 1.165) is 41.6 Å². The van der Waals surface area contributed by atoms with Gasteiger partial charge in [0, 0.05) is 55.0 Å². The average Bonchev–Trinajstić information content (AvgIpc) is 3.39. The van der Waals surface area contributed by atoms with Gasteiger partial charge in [0.1, 0.15) is 6.33 Å². The molecular weight excluding hydrogens is 350 g/mol. The number of anilines is 2. The van der Waals surface area contributed by atoms with Crippen LogP contribution in [0.1, 0.15) is 11.1 Å². The third kappa shape index (κ3) is 1.90. The maximum atomic E-state index is 5.29. The standard InChI is InChI=1S/C21H19N7/c1-26-12-13-28-20(26)24-19(27-11-10-22-14-27)25-21(28)15-6-2-4-8-17(15)23-18-9-5-3-7-16(18)21/h2-11,14,23H,12-13H2,1H3. The van der Waals surface area contributed by atoms with E-state index >= 15 is 0 Å². The Morgan fingerprint density at radius 1 is 0.964 bits per heavy atom. The number of rotatable bonds is 0. The summed E-state index contributed by atoms with van der Waals surface area (Å²) in [6.45, 7) is 1.77. The number of nitrogens with zero attached hydrogens (tertiary/aromatic N) is 6. The lowest BCUT2D eigenvalue weighted by molar-refractivity contribution is 0.244. The van der Waals surface area contributed by atoms with Crippen LogP contribution < -0.4 is 5.32 Å². The number of imidazole rings is 1. The van der Waals surface area contributed by atoms with Crippen molar-refractivity contribution >= 4 is 23.3 Å². The normalized spacial score (nSPS) is 18.8. The zero-order chi connectivity index (χ0) is 18.7. The SMILES string of the molecule is CN1CCN2C1=NC(n1ccnc1)=NC21c2ccccc2Nc2ccccc21. The van der Waals surface area contributed by atoms with Crippen LogP contribution in [0.4, 0.5) is 11.4 Å². The number of hydrogen-bond donors (Lipinski definition) is 1. The molecule has 3 aromatic rings. The van der Waals surface area contributed by atoms with Crippen molar-refractivity contribution in [3.05, 3.63) is 78.4 Å². The van der Waals surface area contributed by atoms with E-state index in [4.69, 9.17) is 9.98 Å². The van der Waals surface area contributed by atoms with E-state index in [1.807, 2.05) is 10.8 Å². The molecule has 138 valence electrons. The van der Waals surface area contributed by atoms with Gasteiger partial charge < -0.3 is 15.1 Å². The maximum Gasteiger partial charge on any atom is 0.236 e. The lowest BCUT2D eigenvalue weighted by Crippen LogP contribution is -2.53. The van der Waals surface area contributed by atoms with E-state index < -0.39 is 5.66 Å². The Hall–Kier alpha value is -3.61. The second-order valence-electron chi connectivity index (χ2n) is 7.26. The van der Waals surface area contributed by atoms with Gasteiger partial charge in [0.05, 0.1) is 0 Å². The van der Waals surface area contributed by atoms with Crippen molar-refractivity contribution in [3.8, 4) is 0 Å². The van der Waals surface area contributed by atoms with Gasteiger partial charge in [-0.2, -0.15) is 4.99 Å². The van der Waals surface area contributed by atoms with Gasteiger partial charge in [0.15, 0.2) is 5.66 Å². The molecule has 1 aromatic heterocycles. The lowest BCUT2D eigenvalue weighted by Gasteiger charge is -2.46. The van der Waals surface area contributed by atoms with Crippen LogP contribution in [0.25, 0.3) is 0 Å². The Labute approximate surface area is 162 Å². The van der Waals surface area contributed by atoms with Crippen LogP contribution in [0.3, 0.4) is 0 Å². The van der Waals surface area contributed by atoms with Crippen molar-refractivity contribution in [2.24, 2.45) is 9.98 Å². The summed E-state index contributed by atoms with van der Waals surface area (Å²) in [6.07, 6.45) is 5.39. The van der Waals surface area contributed by atoms with Crippen LogP contribution in [0.15, 0.2) is 77.2 Å². The number of guanidine groups is 1. The largest absolute Gasteiger partial charge is 0.355 e. The summed E-state index contributed by atoms with van der Waals surface area (Å²) in [7, 11) is 2.09. The van der Waals surface area contributed by atoms with Crippen molar-refractivity contribution in [2.45, 2.75) is 5.66 Å². The fourth-order valence-corrected chi connectivity index (χ4v) is 4.41. The predicted molar refractivity (Wildman–Crippen MR) is 109 cm³/mol. The Kier molecular flexibility index (Phi) is 3.01. The van der Waals surface area contributed by atoms with Gasteiger partial charge in [0.2, 0.25) is 11.9 Å². The van der Waals surface area contributed by atoms with E-state index in [9.17, 15) is 0 Å². The van der Waals surface area contributed by atoms with Crippen LogP contribution in [-0.2, 0) is 5.66 Å². The molecule has 1 saturated heterocycles. The van der Waals surface area contributed by atoms with Gasteiger partial charge >= 0.3 is 0 Å². The third-order valence-corrected chi connectivity index (χ3v) is 5.70. The summed E-state index contributed by atoms with van der Waals surface area (Å²) in [5, 5.41) is 3.58. The molecule has 1 spiro atoms. The Morgan fingerprint density at radius 3 is 2.36 bits per heavy atom. The summed E-state index contributed by atoms with van der Waals surface area (Å²) >= 11 is 0. The fourth-order valence-electron chi connectivity index (χ4n) is 4.41. The number of aromatic nitrogens is 2. The minimum Gasteiger partial charge on any atom is -0.355 e. The minimum absolute atomic E-state index is 0.643. The Bertz CT molecular complexity index is 1080. The molecule has 4 heterocycles. The van der Waals surface area contributed by atoms with Crippen LogP contribution in [0.5, 0.6) is 0 Å². The summed E-state index contributed by atoms with van der Waals surface area (Å²) in [4.78, 5) is 18.9. The average molecular weight is 369 g/mol. The van der Waals surface area contributed by atoms with Crippen LogP contribution >= 0.6 is 0 Å². The maximum absolute atomic E-state index is 5.29. The van der Waals surface area contributed by atoms with Gasteiger partial charge in [-0.15, -0.1) is 0 Å². The molecule has 28 heavy (non-hydrogen) atoms. The number of hydrogen-bond acceptors (Lipinski definition) is 6. The highest BCUT2D eigenvalue weighted by atomic mass is 15.5. The number of nitrogens with one attached hydrogen (secondary N) is 1. The van der Waals surface area contributed by atoms with Crippen molar-refractivity contribution in [2.75, 3.05) is 25.5 Å². The van der Waals surface area contributed by atoms with Crippen molar-refractivity contribution in [3.63, 3.8) is 0 Å². The molecule has 0 unspecified atom stereocenters. The van der Waals surface area contributed by atoms with Gasteiger partial charge in [-0.1, -0.05) is 36.4 Å². The van der Waals surface area contributed by atoms with E-state index in [1.54, 1.807) is 12.5 Å². The molecule has 3 aliphatic heterocycles. The molecule has 0 radical (unpaired) electrons. The van der Waals surface area contributed by atoms with E-state index in [-0.39, 0.29) is 0 Å². The van der Waals surface area contributed by atoms with Crippen LogP contribution in [0, 0.1) is 0 Å². The molecule has 0 saturated carbocycles. The monoisotopic (exact) mass is 369 g/mol. The molecular formula is C21H19N7. The first-order valence-electron chi connectivity index (χ1n) is 9.39. The van der Waals surface area contributed by atoms with Gasteiger partial charge in [-0.25, -0.2) is 9.98 Å². The molecule has 1 fully saturated rings. The number of likely N-dealkylation sites (N-methyl/N-ethyl adjacent to an activating group) is 1. The quantitative estimate of drug-likeness (QED) is 0.662. The molecule has 0 aliphatic carbocycles. The van der Waals surface area contributed by atoms with Crippen LogP contribution in [0.2, 0.25) is 0 Å². The second kappa shape index (κ2) is 5.45. The third-order valence-electron chi connectivity index (χ3n) is 5.70. The Morgan fingerprint density at radius 2 is 1.68 bits per heavy atom. The number of fused-ring (bicyclic) bond motifs is 6. The van der Waals surface area contributed by atoms with E-state index in [1.165, 1.54) is 0 Å². The lowest BCUT2D eigenvalue weighted by atomic mass is 9.84. The summed E-state index contributed by atoms with van der Waals surface area (Å²) in [5.74, 6) is 1.58. The van der Waals surface area contributed by atoms with Gasteiger partial charge in [-0.05, 0) is 12.1 Å². The predicted octanol–water partition coefficient (Wildman–Crippen LogP) is 2.66. The highest BCUT2D eigenvalue weighted by Crippen LogP contribution is 2.50. The summed E-state index contributed by atoms with van der Waals surface area (Å²) < 4.78 is 1.88. The van der Waals surface area contributed by atoms with Gasteiger partial charge in [0.25, 0.3) is 0 Å². The second-order valence-corrected chi connectivity index (χ2v) is 7.26. The van der Waals surface area contributed by atoms with Crippen molar-refractivity contribution in [1.82, 2.24) is 19.4 Å². The van der Waals surface area contributed by atoms with Crippen molar-refractivity contribution < 1.29 is 0 Å². The molecule has 0 amide bonds. The van der Waals surface area contributed by atoms with E-state index in [2.05, 4.69) is 75.7 Å². The highest BCUT2D eigenvalue weighted by molar-refractivity contribution is 6.00. The molecule has 6 rings (SSSR count). The molecule has 2 aromatic carbocycles. The topological polar surface area (TPSA) is 61.0 Å². The van der Waals surface area contributed by atoms with Crippen molar-refractivity contribution in [1.29, 1.82) is 0 Å². The van der Waals surface area contributed by atoms with Gasteiger partial charge in [-0.3, -0.25) is 4.57 Å². The molecule has 0 atom stereocenters. The number of benzene rings is 2. The zero-order valence-electron chi connectivity index (χ0n) is 15.4. The molecule has 7 nitrogen and oxygen atoms in total. The zero-order valence-corrected chi connectivity index (χ0v) is 15.4. The first-order valence-corrected chi connectivity index (χ1v) is 9.39. The summed E-state index contributed by atoms with van der Waals surface area (Å²) in [6, 6.07) is 16.8. The molecule has 0 bridgehead atoms. The summed E-state index contributed by atoms with van der Waals surface area (Å²) in [5.41, 5.74) is 3.75. The smallest absolute Gasteiger partial charge is 0.236 e. The minimum atomic E-state index is -0.667.